The highest BCUT2D eigenvalue weighted by Crippen LogP contribution is 2.29. The highest BCUT2D eigenvalue weighted by Gasteiger charge is 2.36. The fourth-order valence-corrected chi connectivity index (χ4v) is 3.25. The van der Waals surface area contributed by atoms with Crippen molar-refractivity contribution in [2.75, 3.05) is 11.4 Å². The lowest BCUT2D eigenvalue weighted by Gasteiger charge is -2.17. The van der Waals surface area contributed by atoms with Crippen LogP contribution in [-0.4, -0.2) is 29.2 Å². The number of carbonyl (C=O) groups is 3. The summed E-state index contributed by atoms with van der Waals surface area (Å²) in [4.78, 5) is 48.7. The molecule has 0 unspecified atom stereocenters. The number of amides is 3. The lowest BCUT2D eigenvalue weighted by molar-refractivity contribution is -0.385. The number of hydrogen-bond donors (Lipinski definition) is 2. The van der Waals surface area contributed by atoms with Gasteiger partial charge in [0.05, 0.1) is 16.5 Å². The molecule has 0 aliphatic carbocycles. The molecule has 2 N–H and O–H groups in total. The van der Waals surface area contributed by atoms with Gasteiger partial charge in [-0.1, -0.05) is 22.0 Å². The van der Waals surface area contributed by atoms with Crippen LogP contribution in [0.1, 0.15) is 22.3 Å². The summed E-state index contributed by atoms with van der Waals surface area (Å²) < 4.78 is 0.819. The highest BCUT2D eigenvalue weighted by atomic mass is 79.9. The van der Waals surface area contributed by atoms with Crippen molar-refractivity contribution in [3.05, 3.63) is 68.2 Å². The molecular formula is C19H17BrN4O5. The minimum absolute atomic E-state index is 0.0539. The molecule has 0 bridgehead atoms. The molecule has 1 fully saturated rings. The van der Waals surface area contributed by atoms with E-state index in [-0.39, 0.29) is 24.6 Å². The summed E-state index contributed by atoms with van der Waals surface area (Å²) in [6.07, 6.45) is -0.0539. The molecule has 3 rings (SSSR count). The Morgan fingerprint density at radius 1 is 1.17 bits per heavy atom. The van der Waals surface area contributed by atoms with Gasteiger partial charge >= 0.3 is 0 Å². The molecule has 2 aromatic carbocycles. The minimum Gasteiger partial charge on any atom is -0.311 e. The fraction of sp³-hybridized carbons (Fsp3) is 0.211. The van der Waals surface area contributed by atoms with Crippen LogP contribution in [0, 0.1) is 23.0 Å². The average Bonchev–Trinajstić information content (AvgIpc) is 3.08. The summed E-state index contributed by atoms with van der Waals surface area (Å²) >= 11 is 3.27. The van der Waals surface area contributed by atoms with E-state index in [1.165, 1.54) is 11.0 Å². The Morgan fingerprint density at radius 2 is 1.86 bits per heavy atom. The number of aryl methyl sites for hydroxylation is 1. The van der Waals surface area contributed by atoms with Crippen molar-refractivity contribution in [3.8, 4) is 0 Å². The maximum absolute atomic E-state index is 12.4. The van der Waals surface area contributed by atoms with Gasteiger partial charge in [-0.25, -0.2) is 0 Å². The number of hydrogen-bond acceptors (Lipinski definition) is 5. The van der Waals surface area contributed by atoms with Gasteiger partial charge in [-0.05, 0) is 37.3 Å². The molecular weight excluding hydrogens is 444 g/mol. The standard InChI is InChI=1S/C19H17BrN4O5/c1-11-2-7-15(9-16(11)24(28)29)23-10-13(8-17(23)25)19(27)22-21-18(26)12-3-5-14(20)6-4-12/h2-7,9,13H,8,10H2,1H3,(H,21,26)(H,22,27)/t13-/m1/s1. The lowest BCUT2D eigenvalue weighted by Crippen LogP contribution is -2.45. The van der Waals surface area contributed by atoms with Crippen molar-refractivity contribution >= 4 is 45.0 Å². The first-order chi connectivity index (χ1) is 13.8. The van der Waals surface area contributed by atoms with Crippen LogP contribution >= 0.6 is 15.9 Å². The second-order valence-electron chi connectivity index (χ2n) is 6.58. The Morgan fingerprint density at radius 3 is 2.52 bits per heavy atom. The third-order valence-electron chi connectivity index (χ3n) is 4.60. The first-order valence-corrected chi connectivity index (χ1v) is 9.46. The predicted molar refractivity (Wildman–Crippen MR) is 108 cm³/mol. The lowest BCUT2D eigenvalue weighted by atomic mass is 10.1. The maximum Gasteiger partial charge on any atom is 0.274 e. The third kappa shape index (κ3) is 4.60. The van der Waals surface area contributed by atoms with Crippen LogP contribution in [0.5, 0.6) is 0 Å². The number of hydrazine groups is 1. The van der Waals surface area contributed by atoms with E-state index < -0.39 is 22.7 Å². The summed E-state index contributed by atoms with van der Waals surface area (Å²) in [7, 11) is 0. The third-order valence-corrected chi connectivity index (χ3v) is 5.13. The molecule has 29 heavy (non-hydrogen) atoms. The van der Waals surface area contributed by atoms with Gasteiger partial charge in [-0.15, -0.1) is 0 Å². The van der Waals surface area contributed by atoms with E-state index in [0.29, 0.717) is 16.8 Å². The average molecular weight is 461 g/mol. The Kier molecular flexibility index (Phi) is 5.92. The number of anilines is 1. The summed E-state index contributed by atoms with van der Waals surface area (Å²) in [5.41, 5.74) is 5.77. The fourth-order valence-electron chi connectivity index (χ4n) is 2.99. The summed E-state index contributed by atoms with van der Waals surface area (Å²) in [5, 5.41) is 11.1. The van der Waals surface area contributed by atoms with E-state index in [1.807, 2.05) is 0 Å². The molecule has 0 saturated carbocycles. The molecule has 2 aromatic rings. The molecule has 0 radical (unpaired) electrons. The predicted octanol–water partition coefficient (Wildman–Crippen LogP) is 2.48. The van der Waals surface area contributed by atoms with Crippen LogP contribution in [0.2, 0.25) is 0 Å². The zero-order valence-corrected chi connectivity index (χ0v) is 16.9. The molecule has 0 aromatic heterocycles. The van der Waals surface area contributed by atoms with E-state index >= 15 is 0 Å². The molecule has 3 amide bonds. The Bertz CT molecular complexity index is 993. The number of benzene rings is 2. The Hall–Kier alpha value is -3.27. The smallest absolute Gasteiger partial charge is 0.274 e. The van der Waals surface area contributed by atoms with Crippen LogP contribution in [0.3, 0.4) is 0 Å². The number of carbonyl (C=O) groups excluding carboxylic acids is 3. The molecule has 1 atom stereocenters. The van der Waals surface area contributed by atoms with Gasteiger partial charge < -0.3 is 4.90 Å². The molecule has 10 heteroatoms. The second kappa shape index (κ2) is 8.39. The molecule has 150 valence electrons. The molecule has 1 heterocycles. The van der Waals surface area contributed by atoms with Crippen LogP contribution < -0.4 is 15.8 Å². The number of nitro groups is 1. The van der Waals surface area contributed by atoms with E-state index in [4.69, 9.17) is 0 Å². The SMILES string of the molecule is Cc1ccc(N2C[C@H](C(=O)NNC(=O)c3ccc(Br)cc3)CC2=O)cc1[N+](=O)[O-]. The topological polar surface area (TPSA) is 122 Å². The Labute approximate surface area is 174 Å². The zero-order valence-electron chi connectivity index (χ0n) is 15.3. The van der Waals surface area contributed by atoms with Gasteiger partial charge in [0.25, 0.3) is 11.6 Å². The van der Waals surface area contributed by atoms with E-state index in [0.717, 1.165) is 4.47 Å². The van der Waals surface area contributed by atoms with Crippen molar-refractivity contribution in [3.63, 3.8) is 0 Å². The number of rotatable bonds is 4. The van der Waals surface area contributed by atoms with Crippen molar-refractivity contribution < 1.29 is 19.3 Å². The normalized spacial score (nSPS) is 15.9. The molecule has 1 saturated heterocycles. The monoisotopic (exact) mass is 460 g/mol. The van der Waals surface area contributed by atoms with Gasteiger partial charge in [-0.2, -0.15) is 0 Å². The van der Waals surface area contributed by atoms with Crippen LogP contribution in [-0.2, 0) is 9.59 Å². The van der Waals surface area contributed by atoms with Crippen LogP contribution in [0.15, 0.2) is 46.9 Å². The van der Waals surface area contributed by atoms with Gasteiger partial charge in [0, 0.05) is 34.6 Å². The molecule has 9 nitrogen and oxygen atoms in total. The highest BCUT2D eigenvalue weighted by molar-refractivity contribution is 9.10. The van der Waals surface area contributed by atoms with E-state index in [2.05, 4.69) is 26.8 Å². The Balaban J connectivity index is 1.63. The quantitative estimate of drug-likeness (QED) is 0.535. The number of nitrogens with zero attached hydrogens (tertiary/aromatic N) is 2. The van der Waals surface area contributed by atoms with Crippen molar-refractivity contribution in [2.45, 2.75) is 13.3 Å². The summed E-state index contributed by atoms with van der Waals surface area (Å²) in [6.45, 7) is 1.68. The number of nitrogens with one attached hydrogen (secondary N) is 2. The molecule has 1 aliphatic heterocycles. The number of halogens is 1. The van der Waals surface area contributed by atoms with E-state index in [1.54, 1.807) is 43.3 Å². The maximum atomic E-state index is 12.4. The molecule has 0 spiro atoms. The molecule has 1 aliphatic rings. The van der Waals surface area contributed by atoms with Crippen LogP contribution in [0.4, 0.5) is 11.4 Å². The van der Waals surface area contributed by atoms with Crippen molar-refractivity contribution in [1.82, 2.24) is 10.9 Å². The zero-order chi connectivity index (χ0) is 21.1. The van der Waals surface area contributed by atoms with Gasteiger partial charge in [0.2, 0.25) is 11.8 Å². The first-order valence-electron chi connectivity index (χ1n) is 8.67. The minimum atomic E-state index is -0.687. The van der Waals surface area contributed by atoms with E-state index in [9.17, 15) is 24.5 Å². The van der Waals surface area contributed by atoms with Crippen LogP contribution in [0.25, 0.3) is 0 Å². The summed E-state index contributed by atoms with van der Waals surface area (Å²) in [6, 6.07) is 11.1. The first kappa shape index (κ1) is 20.5. The summed E-state index contributed by atoms with van der Waals surface area (Å²) in [5.74, 6) is -2.00. The van der Waals surface area contributed by atoms with Gasteiger partial charge in [0.15, 0.2) is 0 Å². The number of nitro benzene ring substituents is 1. The van der Waals surface area contributed by atoms with Crippen molar-refractivity contribution in [2.24, 2.45) is 5.92 Å². The van der Waals surface area contributed by atoms with Crippen molar-refractivity contribution in [1.29, 1.82) is 0 Å². The largest absolute Gasteiger partial charge is 0.311 e. The van der Waals surface area contributed by atoms with Gasteiger partial charge in [-0.3, -0.25) is 35.3 Å². The second-order valence-corrected chi connectivity index (χ2v) is 7.50. The van der Waals surface area contributed by atoms with Gasteiger partial charge in [0.1, 0.15) is 0 Å².